The Hall–Kier alpha value is -1.70. The number of likely N-dealkylation sites (tertiary alicyclic amines) is 1. The number of fused-ring (bicyclic) bond motifs is 1. The van der Waals surface area contributed by atoms with Crippen LogP contribution < -0.4 is 5.32 Å². The number of nitrogens with one attached hydrogen (secondary N) is 1. The lowest BCUT2D eigenvalue weighted by Gasteiger charge is -2.32. The average Bonchev–Trinajstić information content (AvgIpc) is 3.23. The first-order valence-corrected chi connectivity index (χ1v) is 8.53. The summed E-state index contributed by atoms with van der Waals surface area (Å²) in [5.41, 5.74) is 0. The number of rotatable bonds is 2. The van der Waals surface area contributed by atoms with Crippen LogP contribution in [0, 0.1) is 5.92 Å². The van der Waals surface area contributed by atoms with Crippen molar-refractivity contribution >= 4 is 40.9 Å². The number of piperidine rings is 1. The molecule has 116 valence electrons. The molecule has 0 spiro atoms. The van der Waals surface area contributed by atoms with Crippen molar-refractivity contribution < 1.29 is 9.59 Å². The highest BCUT2D eigenvalue weighted by Crippen LogP contribution is 2.30. The molecule has 8 heteroatoms. The minimum absolute atomic E-state index is 0.105. The molecular formula is C14H17N5O2S. The number of carbonyl (C=O) groups excluding carboxylic acids is 2. The van der Waals surface area contributed by atoms with Crippen molar-refractivity contribution in [1.29, 1.82) is 0 Å². The molecule has 7 nitrogen and oxygen atoms in total. The van der Waals surface area contributed by atoms with Gasteiger partial charge in [0.15, 0.2) is 16.3 Å². The molecule has 1 saturated heterocycles. The van der Waals surface area contributed by atoms with E-state index in [-0.39, 0.29) is 23.0 Å². The first-order chi connectivity index (χ1) is 10.7. The largest absolute Gasteiger partial charge is 0.353 e. The number of hydrogen-bond acceptors (Lipinski definition) is 6. The minimum Gasteiger partial charge on any atom is -0.353 e. The van der Waals surface area contributed by atoms with Crippen LogP contribution in [-0.4, -0.2) is 58.4 Å². The summed E-state index contributed by atoms with van der Waals surface area (Å²) in [6, 6.07) is 0.424. The van der Waals surface area contributed by atoms with E-state index in [0.717, 1.165) is 43.9 Å². The van der Waals surface area contributed by atoms with Crippen LogP contribution in [0.25, 0.3) is 0 Å². The summed E-state index contributed by atoms with van der Waals surface area (Å²) in [5, 5.41) is 3.54. The maximum absolute atomic E-state index is 12.1. The normalized spacial score (nSPS) is 28.3. The topological polar surface area (TPSA) is 86.5 Å². The minimum atomic E-state index is -0.379. The van der Waals surface area contributed by atoms with Crippen molar-refractivity contribution in [3.63, 3.8) is 0 Å². The van der Waals surface area contributed by atoms with Gasteiger partial charge in [0.05, 0.1) is 0 Å². The third kappa shape index (κ3) is 2.67. The van der Waals surface area contributed by atoms with Gasteiger partial charge in [0.2, 0.25) is 5.91 Å². The number of hydrogen-bond donors (Lipinski definition) is 1. The van der Waals surface area contributed by atoms with Gasteiger partial charge < -0.3 is 10.2 Å². The predicted molar refractivity (Wildman–Crippen MR) is 85.2 cm³/mol. The maximum Gasteiger partial charge on any atom is 0.268 e. The van der Waals surface area contributed by atoms with Crippen LogP contribution in [0.4, 0.5) is 0 Å². The molecule has 1 saturated carbocycles. The molecule has 0 aromatic rings. The fourth-order valence-corrected chi connectivity index (χ4v) is 3.91. The zero-order chi connectivity index (χ0) is 15.1. The summed E-state index contributed by atoms with van der Waals surface area (Å²) >= 11 is 1.42. The molecule has 1 N–H and O–H groups in total. The van der Waals surface area contributed by atoms with E-state index in [2.05, 4.69) is 25.2 Å². The van der Waals surface area contributed by atoms with Gasteiger partial charge >= 0.3 is 0 Å². The fraction of sp³-hybridized carbons (Fsp3) is 0.643. The van der Waals surface area contributed by atoms with Crippen LogP contribution in [0.3, 0.4) is 0 Å². The van der Waals surface area contributed by atoms with E-state index in [4.69, 9.17) is 0 Å². The molecule has 0 aromatic carbocycles. The van der Waals surface area contributed by atoms with Crippen molar-refractivity contribution in [3.05, 3.63) is 0 Å². The van der Waals surface area contributed by atoms with E-state index in [1.54, 1.807) is 0 Å². The van der Waals surface area contributed by atoms with Gasteiger partial charge in [0.25, 0.3) is 5.91 Å². The highest BCUT2D eigenvalue weighted by Gasteiger charge is 2.38. The van der Waals surface area contributed by atoms with E-state index in [1.165, 1.54) is 18.1 Å². The third-order valence-corrected chi connectivity index (χ3v) is 5.54. The van der Waals surface area contributed by atoms with Crippen molar-refractivity contribution in [2.24, 2.45) is 20.9 Å². The lowest BCUT2D eigenvalue weighted by Crippen LogP contribution is -2.42. The smallest absolute Gasteiger partial charge is 0.268 e. The Labute approximate surface area is 132 Å². The van der Waals surface area contributed by atoms with E-state index < -0.39 is 0 Å². The summed E-state index contributed by atoms with van der Waals surface area (Å²) < 4.78 is 0. The van der Waals surface area contributed by atoms with Crippen LogP contribution in [-0.2, 0) is 9.59 Å². The van der Waals surface area contributed by atoms with E-state index in [0.29, 0.717) is 11.9 Å². The highest BCUT2D eigenvalue weighted by molar-refractivity contribution is 8.16. The molecule has 0 bridgehead atoms. The van der Waals surface area contributed by atoms with Crippen LogP contribution in [0.5, 0.6) is 0 Å². The molecule has 4 rings (SSSR count). The lowest BCUT2D eigenvalue weighted by molar-refractivity contribution is -0.126. The van der Waals surface area contributed by atoms with Gasteiger partial charge in [-0.2, -0.15) is 0 Å². The molecule has 1 unspecified atom stereocenters. The molecule has 0 radical (unpaired) electrons. The van der Waals surface area contributed by atoms with Crippen LogP contribution in [0.2, 0.25) is 0 Å². The number of nitrogens with zero attached hydrogens (tertiary/aromatic N) is 4. The summed E-state index contributed by atoms with van der Waals surface area (Å²) in [5.74, 6) is 0.666. The van der Waals surface area contributed by atoms with E-state index in [1.807, 2.05) is 0 Å². The second-order valence-electron chi connectivity index (χ2n) is 6.01. The number of carbonyl (C=O) groups is 2. The molecule has 2 fully saturated rings. The van der Waals surface area contributed by atoms with Gasteiger partial charge in [-0.3, -0.25) is 9.59 Å². The Morgan fingerprint density at radius 2 is 2.05 bits per heavy atom. The Balaban J connectivity index is 1.35. The van der Waals surface area contributed by atoms with Crippen molar-refractivity contribution in [2.45, 2.75) is 37.0 Å². The second kappa shape index (κ2) is 5.49. The summed E-state index contributed by atoms with van der Waals surface area (Å²) in [7, 11) is 0. The Morgan fingerprint density at radius 1 is 1.27 bits per heavy atom. The molecule has 4 aliphatic rings. The molecule has 2 amide bonds. The zero-order valence-electron chi connectivity index (χ0n) is 12.1. The van der Waals surface area contributed by atoms with Crippen molar-refractivity contribution in [1.82, 2.24) is 10.2 Å². The fourth-order valence-electron chi connectivity index (χ4n) is 2.84. The first-order valence-electron chi connectivity index (χ1n) is 7.65. The SMILES string of the molecule is O=C(NC1CC1)C1CCN(C2=NC3=NC=NC(=O)C3S2)CC1. The van der Waals surface area contributed by atoms with Crippen LogP contribution in [0.1, 0.15) is 25.7 Å². The molecule has 1 aliphatic carbocycles. The van der Waals surface area contributed by atoms with E-state index in [9.17, 15) is 9.59 Å². The number of amides is 2. The Morgan fingerprint density at radius 3 is 2.73 bits per heavy atom. The maximum atomic E-state index is 12.1. The van der Waals surface area contributed by atoms with Gasteiger partial charge in [0.1, 0.15) is 6.34 Å². The van der Waals surface area contributed by atoms with Crippen molar-refractivity contribution in [2.75, 3.05) is 13.1 Å². The summed E-state index contributed by atoms with van der Waals surface area (Å²) in [6.45, 7) is 1.59. The first kappa shape index (κ1) is 13.9. The third-order valence-electron chi connectivity index (χ3n) is 4.33. The summed E-state index contributed by atoms with van der Waals surface area (Å²) in [4.78, 5) is 38.2. The Bertz CT molecular complexity index is 602. The van der Waals surface area contributed by atoms with Gasteiger partial charge in [-0.1, -0.05) is 11.8 Å². The van der Waals surface area contributed by atoms with Crippen molar-refractivity contribution in [3.8, 4) is 0 Å². The molecular weight excluding hydrogens is 302 g/mol. The van der Waals surface area contributed by atoms with Crippen LogP contribution >= 0.6 is 11.8 Å². The predicted octanol–water partition coefficient (Wildman–Crippen LogP) is 0.415. The van der Waals surface area contributed by atoms with Crippen LogP contribution in [0.15, 0.2) is 15.0 Å². The second-order valence-corrected chi connectivity index (χ2v) is 7.08. The van der Waals surface area contributed by atoms with Gasteiger partial charge in [-0.05, 0) is 25.7 Å². The number of thioether (sulfide) groups is 1. The number of amidine groups is 2. The number of aliphatic imine (C=N–C) groups is 3. The summed E-state index contributed by atoms with van der Waals surface area (Å²) in [6.07, 6.45) is 5.18. The van der Waals surface area contributed by atoms with Gasteiger partial charge in [-0.15, -0.1) is 0 Å². The molecule has 1 atom stereocenters. The standard InChI is InChI=1S/C14H17N5O2S/c20-12(17-9-1-2-9)8-3-5-19(6-4-8)14-18-11-10(22-14)13(21)16-7-15-11/h7-10H,1-6H2,(H,17,20). The molecule has 3 heterocycles. The highest BCUT2D eigenvalue weighted by atomic mass is 32.2. The quantitative estimate of drug-likeness (QED) is 0.799. The zero-order valence-corrected chi connectivity index (χ0v) is 12.9. The average molecular weight is 319 g/mol. The lowest BCUT2D eigenvalue weighted by atomic mass is 9.96. The Kier molecular flexibility index (Phi) is 3.48. The monoisotopic (exact) mass is 319 g/mol. The van der Waals surface area contributed by atoms with Gasteiger partial charge in [-0.25, -0.2) is 15.0 Å². The molecule has 22 heavy (non-hydrogen) atoms. The molecule has 0 aromatic heterocycles. The van der Waals surface area contributed by atoms with Gasteiger partial charge in [0, 0.05) is 25.0 Å². The molecule has 3 aliphatic heterocycles. The van der Waals surface area contributed by atoms with E-state index >= 15 is 0 Å².